The maximum atomic E-state index is 11.1. The fraction of sp³-hybridized carbons (Fsp3) is 0.200. The minimum atomic E-state index is -1.56. The van der Waals surface area contributed by atoms with Gasteiger partial charge in [0.15, 0.2) is 0 Å². The summed E-state index contributed by atoms with van der Waals surface area (Å²) in [5.41, 5.74) is 0.142. The summed E-state index contributed by atoms with van der Waals surface area (Å²) in [7, 11) is 0. The van der Waals surface area contributed by atoms with E-state index in [0.717, 1.165) is 12.1 Å². The molecule has 2 N–H and O–H groups in total. The quantitative estimate of drug-likeness (QED) is 0.206. The summed E-state index contributed by atoms with van der Waals surface area (Å²) in [6.07, 6.45) is 0.979. The maximum absolute atomic E-state index is 11.1. The van der Waals surface area contributed by atoms with Gasteiger partial charge in [0.2, 0.25) is 0 Å². The third-order valence-electron chi connectivity index (χ3n) is 4.97. The zero-order valence-electron chi connectivity index (χ0n) is 16.2. The molecule has 0 heterocycles. The van der Waals surface area contributed by atoms with Crippen molar-refractivity contribution in [3.05, 3.63) is 79.9 Å². The Hall–Kier alpha value is -4.48. The van der Waals surface area contributed by atoms with Gasteiger partial charge in [-0.15, -0.1) is 0 Å². The molecule has 0 unspecified atom stereocenters. The largest absolute Gasteiger partial charge is 0.511 e. The van der Waals surface area contributed by atoms with Crippen molar-refractivity contribution in [3.63, 3.8) is 0 Å². The van der Waals surface area contributed by atoms with Gasteiger partial charge in [0.1, 0.15) is 11.5 Å². The van der Waals surface area contributed by atoms with Crippen molar-refractivity contribution in [2.75, 3.05) is 0 Å². The molecule has 3 rings (SSSR count). The lowest BCUT2D eigenvalue weighted by Crippen LogP contribution is -2.12. The van der Waals surface area contributed by atoms with Gasteiger partial charge in [0.25, 0.3) is 11.4 Å². The van der Waals surface area contributed by atoms with E-state index < -0.39 is 34.0 Å². The van der Waals surface area contributed by atoms with Crippen molar-refractivity contribution < 1.29 is 39.1 Å². The standard InChI is InChI=1S/C20H16N2O10/c23-19(24)31-17-7-5-13(21(27)28)9-15(17)11-1-2-12(4-3-11)16-10-14(22(29)30)6-8-18(16)32-20(25)26/h1-2,5-12H,3-4H2,(H,23,24)(H,25,26)/t11-,12-/m0/s1. The van der Waals surface area contributed by atoms with Gasteiger partial charge in [-0.25, -0.2) is 9.59 Å². The number of carboxylic acid groups (broad SMARTS) is 2. The molecular formula is C20H16N2O10. The molecule has 2 aromatic rings. The van der Waals surface area contributed by atoms with E-state index in [1.54, 1.807) is 12.2 Å². The molecule has 0 saturated heterocycles. The van der Waals surface area contributed by atoms with Crippen LogP contribution in [-0.2, 0) is 0 Å². The van der Waals surface area contributed by atoms with E-state index in [1.807, 2.05) is 0 Å². The summed E-state index contributed by atoms with van der Waals surface area (Å²) < 4.78 is 9.50. The number of carbonyl (C=O) groups is 2. The number of allylic oxidation sites excluding steroid dienone is 2. The molecular weight excluding hydrogens is 428 g/mol. The topological polar surface area (TPSA) is 179 Å². The summed E-state index contributed by atoms with van der Waals surface area (Å²) in [5.74, 6) is -0.936. The Labute approximate surface area is 179 Å². The third kappa shape index (κ3) is 4.98. The molecule has 12 nitrogen and oxygen atoms in total. The molecule has 0 radical (unpaired) electrons. The predicted molar refractivity (Wildman–Crippen MR) is 107 cm³/mol. The average molecular weight is 444 g/mol. The molecule has 0 amide bonds. The Kier molecular flexibility index (Phi) is 6.33. The summed E-state index contributed by atoms with van der Waals surface area (Å²) in [6.45, 7) is 0. The zero-order chi connectivity index (χ0) is 23.4. The van der Waals surface area contributed by atoms with E-state index in [0.29, 0.717) is 24.0 Å². The average Bonchev–Trinajstić information content (AvgIpc) is 2.73. The second kappa shape index (κ2) is 9.12. The number of rotatable bonds is 6. The fourth-order valence-electron chi connectivity index (χ4n) is 3.59. The maximum Gasteiger partial charge on any atom is 0.511 e. The van der Waals surface area contributed by atoms with E-state index in [4.69, 9.17) is 19.7 Å². The first-order chi connectivity index (χ1) is 15.2. The molecule has 0 saturated carbocycles. The lowest BCUT2D eigenvalue weighted by Gasteiger charge is -2.25. The van der Waals surface area contributed by atoms with Gasteiger partial charge < -0.3 is 19.7 Å². The van der Waals surface area contributed by atoms with Crippen molar-refractivity contribution in [1.82, 2.24) is 0 Å². The molecule has 1 aliphatic carbocycles. The molecule has 0 aliphatic heterocycles. The number of hydrogen-bond donors (Lipinski definition) is 2. The number of nitro groups is 2. The number of non-ortho nitro benzene ring substituents is 2. The Morgan fingerprint density at radius 1 is 0.781 bits per heavy atom. The summed E-state index contributed by atoms with van der Waals surface area (Å²) in [6, 6.07) is 7.16. The van der Waals surface area contributed by atoms with Crippen LogP contribution in [0.1, 0.15) is 35.8 Å². The van der Waals surface area contributed by atoms with E-state index >= 15 is 0 Å². The van der Waals surface area contributed by atoms with Crippen LogP contribution in [0.15, 0.2) is 48.6 Å². The molecule has 1 aliphatic rings. The number of nitrogens with zero attached hydrogens (tertiary/aromatic N) is 2. The van der Waals surface area contributed by atoms with Crippen LogP contribution in [0, 0.1) is 20.2 Å². The minimum Gasteiger partial charge on any atom is -0.449 e. The van der Waals surface area contributed by atoms with E-state index in [2.05, 4.69) is 0 Å². The van der Waals surface area contributed by atoms with Crippen LogP contribution < -0.4 is 9.47 Å². The van der Waals surface area contributed by atoms with Gasteiger partial charge in [0, 0.05) is 47.2 Å². The molecule has 0 aromatic heterocycles. The first-order valence-electron chi connectivity index (χ1n) is 9.22. The molecule has 0 fully saturated rings. The van der Waals surface area contributed by atoms with Gasteiger partial charge in [-0.3, -0.25) is 20.2 Å². The van der Waals surface area contributed by atoms with Gasteiger partial charge in [-0.2, -0.15) is 0 Å². The zero-order valence-corrected chi connectivity index (χ0v) is 16.2. The van der Waals surface area contributed by atoms with Crippen LogP contribution in [-0.4, -0.2) is 32.4 Å². The third-order valence-corrected chi connectivity index (χ3v) is 4.97. The number of ether oxygens (including phenoxy) is 2. The van der Waals surface area contributed by atoms with Crippen molar-refractivity contribution in [2.45, 2.75) is 24.7 Å². The smallest absolute Gasteiger partial charge is 0.449 e. The summed E-state index contributed by atoms with van der Waals surface area (Å²) >= 11 is 0. The molecule has 2 aromatic carbocycles. The number of nitro benzene ring substituents is 2. The Bertz CT molecular complexity index is 1040. The number of hydrogen-bond acceptors (Lipinski definition) is 8. The van der Waals surface area contributed by atoms with E-state index in [9.17, 15) is 29.8 Å². The lowest BCUT2D eigenvalue weighted by molar-refractivity contribution is -0.385. The minimum absolute atomic E-state index is 0.0403. The van der Waals surface area contributed by atoms with Crippen molar-refractivity contribution >= 4 is 23.7 Å². The van der Waals surface area contributed by atoms with Crippen LogP contribution in [0.5, 0.6) is 11.5 Å². The Morgan fingerprint density at radius 2 is 1.16 bits per heavy atom. The first kappa shape index (κ1) is 22.2. The van der Waals surface area contributed by atoms with E-state index in [1.165, 1.54) is 24.3 Å². The van der Waals surface area contributed by atoms with Crippen molar-refractivity contribution in [3.8, 4) is 11.5 Å². The van der Waals surface area contributed by atoms with Crippen LogP contribution in [0.25, 0.3) is 0 Å². The van der Waals surface area contributed by atoms with E-state index in [-0.39, 0.29) is 22.9 Å². The summed E-state index contributed by atoms with van der Waals surface area (Å²) in [5, 5.41) is 40.1. The van der Waals surface area contributed by atoms with Crippen LogP contribution in [0.4, 0.5) is 21.0 Å². The van der Waals surface area contributed by atoms with Gasteiger partial charge in [-0.1, -0.05) is 12.2 Å². The highest BCUT2D eigenvalue weighted by Crippen LogP contribution is 2.42. The Morgan fingerprint density at radius 3 is 1.44 bits per heavy atom. The second-order valence-electron chi connectivity index (χ2n) is 6.87. The Balaban J connectivity index is 1.96. The molecule has 2 atom stereocenters. The SMILES string of the molecule is O=C(O)Oc1ccc([N+](=O)[O-])cc1[C@H]1C=C[C@H](c2cc([N+](=O)[O-])ccc2OC(=O)O)CC1. The molecule has 0 bridgehead atoms. The van der Waals surface area contributed by atoms with Crippen LogP contribution >= 0.6 is 0 Å². The number of benzene rings is 2. The van der Waals surface area contributed by atoms with Crippen molar-refractivity contribution in [2.24, 2.45) is 0 Å². The molecule has 32 heavy (non-hydrogen) atoms. The van der Waals surface area contributed by atoms with Gasteiger partial charge in [0.05, 0.1) is 9.85 Å². The normalized spacial score (nSPS) is 17.4. The highest BCUT2D eigenvalue weighted by Gasteiger charge is 2.27. The van der Waals surface area contributed by atoms with Crippen LogP contribution in [0.3, 0.4) is 0 Å². The highest BCUT2D eigenvalue weighted by molar-refractivity contribution is 5.64. The lowest BCUT2D eigenvalue weighted by atomic mass is 9.81. The van der Waals surface area contributed by atoms with Crippen LogP contribution in [0.2, 0.25) is 0 Å². The fourth-order valence-corrected chi connectivity index (χ4v) is 3.59. The van der Waals surface area contributed by atoms with Gasteiger partial charge >= 0.3 is 12.3 Å². The molecule has 166 valence electrons. The van der Waals surface area contributed by atoms with Gasteiger partial charge in [-0.05, 0) is 25.0 Å². The second-order valence-corrected chi connectivity index (χ2v) is 6.87. The monoisotopic (exact) mass is 444 g/mol. The molecule has 0 spiro atoms. The first-order valence-corrected chi connectivity index (χ1v) is 9.22. The highest BCUT2D eigenvalue weighted by atomic mass is 16.7. The predicted octanol–water partition coefficient (Wildman–Crippen LogP) is 4.83. The van der Waals surface area contributed by atoms with Crippen molar-refractivity contribution in [1.29, 1.82) is 0 Å². The molecule has 12 heteroatoms. The summed E-state index contributed by atoms with van der Waals surface area (Å²) in [4.78, 5) is 43.0.